The molecule has 0 unspecified atom stereocenters. The van der Waals surface area contributed by atoms with Gasteiger partial charge in [-0.3, -0.25) is 10.1 Å². The molecule has 0 saturated heterocycles. The van der Waals surface area contributed by atoms with Gasteiger partial charge in [-0.25, -0.2) is 0 Å². The quantitative estimate of drug-likeness (QED) is 0.934. The highest BCUT2D eigenvalue weighted by molar-refractivity contribution is 7.15. The number of carbonyl (C=O) groups excluding carboxylic acids is 1. The molecule has 2 rings (SSSR count). The van der Waals surface area contributed by atoms with Gasteiger partial charge in [0.25, 0.3) is 5.91 Å². The molecular weight excluding hydrogens is 270 g/mol. The van der Waals surface area contributed by atoms with E-state index in [0.717, 1.165) is 27.3 Å². The minimum absolute atomic E-state index is 0.119. The van der Waals surface area contributed by atoms with Crippen LogP contribution in [0, 0.1) is 20.8 Å². The number of amides is 1. The summed E-state index contributed by atoms with van der Waals surface area (Å²) in [6, 6.07) is 4.03. The minimum atomic E-state index is -0.119. The third kappa shape index (κ3) is 3.04. The number of aryl methyl sites for hydroxylation is 3. The smallest absolute Gasteiger partial charge is 0.258 e. The molecule has 0 radical (unpaired) electrons. The standard InChI is InChI=1S/C15H19N3OS/c1-8(2)14-17-18-15(20-14)16-13(19)12-10(4)6-9(3)7-11(12)5/h6-8H,1-5H3,(H,16,18,19). The lowest BCUT2D eigenvalue weighted by Gasteiger charge is -2.10. The van der Waals surface area contributed by atoms with Crippen LogP contribution in [0.2, 0.25) is 0 Å². The maximum atomic E-state index is 12.4. The number of rotatable bonds is 3. The molecule has 0 aliphatic carbocycles. The molecule has 20 heavy (non-hydrogen) atoms. The monoisotopic (exact) mass is 289 g/mol. The molecule has 1 amide bonds. The van der Waals surface area contributed by atoms with Crippen molar-refractivity contribution in [2.24, 2.45) is 0 Å². The van der Waals surface area contributed by atoms with Gasteiger partial charge in [-0.05, 0) is 31.9 Å². The number of hydrogen-bond acceptors (Lipinski definition) is 4. The van der Waals surface area contributed by atoms with Gasteiger partial charge in [-0.1, -0.05) is 42.9 Å². The van der Waals surface area contributed by atoms with E-state index in [9.17, 15) is 4.79 Å². The lowest BCUT2D eigenvalue weighted by atomic mass is 9.99. The second-order valence-electron chi connectivity index (χ2n) is 5.33. The average Bonchev–Trinajstić information content (AvgIpc) is 2.75. The summed E-state index contributed by atoms with van der Waals surface area (Å²) in [4.78, 5) is 12.4. The molecule has 1 heterocycles. The zero-order valence-corrected chi connectivity index (χ0v) is 13.3. The second-order valence-corrected chi connectivity index (χ2v) is 6.34. The Bertz CT molecular complexity index is 623. The number of nitrogens with one attached hydrogen (secondary N) is 1. The van der Waals surface area contributed by atoms with Crippen LogP contribution in [-0.4, -0.2) is 16.1 Å². The fourth-order valence-electron chi connectivity index (χ4n) is 2.22. The minimum Gasteiger partial charge on any atom is -0.296 e. The number of aromatic nitrogens is 2. The van der Waals surface area contributed by atoms with Gasteiger partial charge in [-0.15, -0.1) is 10.2 Å². The van der Waals surface area contributed by atoms with Crippen LogP contribution in [0.4, 0.5) is 5.13 Å². The van der Waals surface area contributed by atoms with Crippen molar-refractivity contribution in [2.75, 3.05) is 5.32 Å². The van der Waals surface area contributed by atoms with Gasteiger partial charge in [0.15, 0.2) is 0 Å². The van der Waals surface area contributed by atoms with Crippen LogP contribution < -0.4 is 5.32 Å². The molecule has 1 aromatic carbocycles. The van der Waals surface area contributed by atoms with E-state index in [0.29, 0.717) is 11.0 Å². The Balaban J connectivity index is 2.24. The highest BCUT2D eigenvalue weighted by atomic mass is 32.1. The summed E-state index contributed by atoms with van der Waals surface area (Å²) in [6.07, 6.45) is 0. The summed E-state index contributed by atoms with van der Waals surface area (Å²) in [6.45, 7) is 10.0. The average molecular weight is 289 g/mol. The largest absolute Gasteiger partial charge is 0.296 e. The molecule has 0 aliphatic rings. The van der Waals surface area contributed by atoms with Gasteiger partial charge in [0, 0.05) is 11.5 Å². The van der Waals surface area contributed by atoms with Gasteiger partial charge in [0.1, 0.15) is 5.01 Å². The molecule has 0 bridgehead atoms. The number of nitrogens with zero attached hydrogens (tertiary/aromatic N) is 2. The lowest BCUT2D eigenvalue weighted by Crippen LogP contribution is -2.15. The molecular formula is C15H19N3OS. The van der Waals surface area contributed by atoms with E-state index >= 15 is 0 Å². The summed E-state index contributed by atoms with van der Waals surface area (Å²) < 4.78 is 0. The van der Waals surface area contributed by atoms with Gasteiger partial charge < -0.3 is 0 Å². The van der Waals surface area contributed by atoms with Crippen LogP contribution >= 0.6 is 11.3 Å². The first-order valence-corrected chi connectivity index (χ1v) is 7.42. The van der Waals surface area contributed by atoms with Gasteiger partial charge in [0.2, 0.25) is 5.13 Å². The first kappa shape index (κ1) is 14.7. The summed E-state index contributed by atoms with van der Waals surface area (Å²) in [5, 5.41) is 12.4. The SMILES string of the molecule is Cc1cc(C)c(C(=O)Nc2nnc(C(C)C)s2)c(C)c1. The van der Waals surface area contributed by atoms with Crippen molar-refractivity contribution in [3.05, 3.63) is 39.4 Å². The van der Waals surface area contributed by atoms with Crippen molar-refractivity contribution in [1.82, 2.24) is 10.2 Å². The summed E-state index contributed by atoms with van der Waals surface area (Å²) in [7, 11) is 0. The summed E-state index contributed by atoms with van der Waals surface area (Å²) in [5.41, 5.74) is 3.84. The Morgan fingerprint density at radius 3 is 2.25 bits per heavy atom. The first-order valence-electron chi connectivity index (χ1n) is 6.61. The lowest BCUT2D eigenvalue weighted by molar-refractivity contribution is 0.102. The van der Waals surface area contributed by atoms with Gasteiger partial charge in [-0.2, -0.15) is 0 Å². The molecule has 0 spiro atoms. The summed E-state index contributed by atoms with van der Waals surface area (Å²) in [5.74, 6) is 0.201. The van der Waals surface area contributed by atoms with E-state index < -0.39 is 0 Å². The number of anilines is 1. The zero-order valence-electron chi connectivity index (χ0n) is 12.4. The van der Waals surface area contributed by atoms with E-state index in [1.807, 2.05) is 32.9 Å². The molecule has 5 heteroatoms. The molecule has 1 N–H and O–H groups in total. The normalized spacial score (nSPS) is 10.9. The fraction of sp³-hybridized carbons (Fsp3) is 0.400. The number of carbonyl (C=O) groups is 1. The van der Waals surface area contributed by atoms with Crippen molar-refractivity contribution in [2.45, 2.75) is 40.5 Å². The molecule has 0 atom stereocenters. The summed E-state index contributed by atoms with van der Waals surface area (Å²) >= 11 is 1.42. The second kappa shape index (κ2) is 5.71. The molecule has 0 aliphatic heterocycles. The molecule has 2 aromatic rings. The Morgan fingerprint density at radius 2 is 1.75 bits per heavy atom. The van der Waals surface area contributed by atoms with E-state index in [-0.39, 0.29) is 5.91 Å². The van der Waals surface area contributed by atoms with Crippen molar-refractivity contribution >= 4 is 22.4 Å². The van der Waals surface area contributed by atoms with Crippen LogP contribution in [-0.2, 0) is 0 Å². The van der Waals surface area contributed by atoms with Crippen LogP contribution in [0.15, 0.2) is 12.1 Å². The van der Waals surface area contributed by atoms with Crippen LogP contribution in [0.25, 0.3) is 0 Å². The molecule has 0 fully saturated rings. The van der Waals surface area contributed by atoms with E-state index in [4.69, 9.17) is 0 Å². The Kier molecular flexibility index (Phi) is 4.18. The molecule has 0 saturated carbocycles. The van der Waals surface area contributed by atoms with Crippen molar-refractivity contribution in [1.29, 1.82) is 0 Å². The highest BCUT2D eigenvalue weighted by Gasteiger charge is 2.15. The van der Waals surface area contributed by atoms with E-state index in [1.54, 1.807) is 0 Å². The highest BCUT2D eigenvalue weighted by Crippen LogP contribution is 2.24. The van der Waals surface area contributed by atoms with E-state index in [1.165, 1.54) is 11.3 Å². The first-order chi connectivity index (χ1) is 9.38. The topological polar surface area (TPSA) is 54.9 Å². The Morgan fingerprint density at radius 1 is 1.15 bits per heavy atom. The Hall–Kier alpha value is -1.75. The fourth-order valence-corrected chi connectivity index (χ4v) is 2.96. The van der Waals surface area contributed by atoms with Gasteiger partial charge in [0.05, 0.1) is 0 Å². The number of benzene rings is 1. The Labute approximate surface area is 123 Å². The number of hydrogen-bond donors (Lipinski definition) is 1. The maximum Gasteiger partial charge on any atom is 0.258 e. The predicted octanol–water partition coefficient (Wildman–Crippen LogP) is 3.84. The molecule has 1 aromatic heterocycles. The molecule has 4 nitrogen and oxygen atoms in total. The van der Waals surface area contributed by atoms with Crippen molar-refractivity contribution in [3.63, 3.8) is 0 Å². The van der Waals surface area contributed by atoms with Crippen LogP contribution in [0.3, 0.4) is 0 Å². The van der Waals surface area contributed by atoms with Crippen LogP contribution in [0.1, 0.15) is 51.8 Å². The molecule has 106 valence electrons. The third-order valence-electron chi connectivity index (χ3n) is 3.06. The zero-order chi connectivity index (χ0) is 14.9. The van der Waals surface area contributed by atoms with E-state index in [2.05, 4.69) is 29.4 Å². The third-order valence-corrected chi connectivity index (χ3v) is 4.20. The maximum absolute atomic E-state index is 12.4. The van der Waals surface area contributed by atoms with Crippen LogP contribution in [0.5, 0.6) is 0 Å². The predicted molar refractivity (Wildman–Crippen MR) is 82.6 cm³/mol. The van der Waals surface area contributed by atoms with Crippen molar-refractivity contribution < 1.29 is 4.79 Å². The van der Waals surface area contributed by atoms with Gasteiger partial charge >= 0.3 is 0 Å². The van der Waals surface area contributed by atoms with Crippen molar-refractivity contribution in [3.8, 4) is 0 Å².